The van der Waals surface area contributed by atoms with Crippen molar-refractivity contribution in [3.63, 3.8) is 0 Å². The lowest BCUT2D eigenvalue weighted by molar-refractivity contribution is -0.150. The number of aliphatic hydroxyl groups excluding tert-OH is 1. The summed E-state index contributed by atoms with van der Waals surface area (Å²) >= 11 is 0. The van der Waals surface area contributed by atoms with Crippen molar-refractivity contribution >= 4 is 17.6 Å². The summed E-state index contributed by atoms with van der Waals surface area (Å²) in [5.74, 6) is 1.34. The van der Waals surface area contributed by atoms with Gasteiger partial charge in [0.2, 0.25) is 5.91 Å². The molecule has 5 rings (SSSR count). The van der Waals surface area contributed by atoms with E-state index in [-0.39, 0.29) is 36.4 Å². The summed E-state index contributed by atoms with van der Waals surface area (Å²) in [6, 6.07) is 0.0570. The van der Waals surface area contributed by atoms with Gasteiger partial charge < -0.3 is 24.5 Å². The first-order valence-electron chi connectivity index (χ1n) is 11.0. The molecule has 9 heteroatoms. The molecule has 4 saturated heterocycles. The molecule has 9 nitrogen and oxygen atoms in total. The highest BCUT2D eigenvalue weighted by atomic mass is 16.5. The Bertz CT molecular complexity index is 800. The SMILES string of the molecule is O=C(c1cncc(N2C[C@H]3C[C@@H](C2)[C@H](CO)N2C(=O)CCC[C@@H]32)n1)N1CCOCC1. The molecule has 4 fully saturated rings. The first-order chi connectivity index (χ1) is 14.7. The summed E-state index contributed by atoms with van der Waals surface area (Å²) in [7, 11) is 0. The van der Waals surface area contributed by atoms with E-state index in [1.165, 1.54) is 6.20 Å². The smallest absolute Gasteiger partial charge is 0.274 e. The molecule has 162 valence electrons. The molecule has 1 aromatic heterocycles. The van der Waals surface area contributed by atoms with Crippen molar-refractivity contribution in [2.24, 2.45) is 11.8 Å². The van der Waals surface area contributed by atoms with Gasteiger partial charge in [-0.25, -0.2) is 4.98 Å². The average Bonchev–Trinajstić information content (AvgIpc) is 2.80. The second kappa shape index (κ2) is 8.11. The molecule has 0 aliphatic carbocycles. The molecule has 0 aromatic carbocycles. The van der Waals surface area contributed by atoms with Crippen LogP contribution >= 0.6 is 0 Å². The van der Waals surface area contributed by atoms with Crippen LogP contribution in [0.15, 0.2) is 12.4 Å². The first-order valence-corrected chi connectivity index (χ1v) is 11.0. The Balaban J connectivity index is 1.37. The number of carbonyl (C=O) groups excluding carboxylic acids is 2. The molecule has 0 radical (unpaired) electrons. The summed E-state index contributed by atoms with van der Waals surface area (Å²) < 4.78 is 5.33. The van der Waals surface area contributed by atoms with Crippen LogP contribution in [0.1, 0.15) is 36.2 Å². The van der Waals surface area contributed by atoms with Crippen molar-refractivity contribution in [2.75, 3.05) is 50.9 Å². The zero-order chi connectivity index (χ0) is 20.7. The van der Waals surface area contributed by atoms with Crippen molar-refractivity contribution in [1.82, 2.24) is 19.8 Å². The maximum Gasteiger partial charge on any atom is 0.274 e. The maximum atomic E-state index is 12.8. The molecule has 2 bridgehead atoms. The van der Waals surface area contributed by atoms with E-state index in [2.05, 4.69) is 14.9 Å². The number of anilines is 1. The highest BCUT2D eigenvalue weighted by Crippen LogP contribution is 2.42. The number of aliphatic hydroxyl groups is 1. The van der Waals surface area contributed by atoms with E-state index in [0.717, 1.165) is 25.8 Å². The molecule has 30 heavy (non-hydrogen) atoms. The van der Waals surface area contributed by atoms with Crippen LogP contribution in [0, 0.1) is 11.8 Å². The standard InChI is InChI=1S/C21H29N5O4/c27-13-18-15-8-14(17-2-1-3-20(28)26(17)18)11-25(12-15)19-10-22-9-16(23-19)21(29)24-4-6-30-7-5-24/h9-10,14-15,17-18,27H,1-8,11-13H2/t14-,15+,17+,18+/m1/s1. The number of amides is 2. The summed E-state index contributed by atoms with van der Waals surface area (Å²) in [6.45, 7) is 3.75. The van der Waals surface area contributed by atoms with Gasteiger partial charge in [-0.05, 0) is 31.1 Å². The van der Waals surface area contributed by atoms with Crippen LogP contribution in [0.4, 0.5) is 5.82 Å². The van der Waals surface area contributed by atoms with Gasteiger partial charge in [0.15, 0.2) is 0 Å². The Morgan fingerprint density at radius 2 is 2.00 bits per heavy atom. The third-order valence-electron chi connectivity index (χ3n) is 7.15. The third-order valence-corrected chi connectivity index (χ3v) is 7.15. The summed E-state index contributed by atoms with van der Waals surface area (Å²) in [6.07, 6.45) is 6.78. The molecule has 4 aliphatic rings. The van der Waals surface area contributed by atoms with Gasteiger partial charge in [-0.2, -0.15) is 0 Å². The van der Waals surface area contributed by atoms with Gasteiger partial charge in [-0.15, -0.1) is 0 Å². The van der Waals surface area contributed by atoms with E-state index in [1.807, 2.05) is 4.90 Å². The normalized spacial score (nSPS) is 31.5. The molecule has 2 amide bonds. The van der Waals surface area contributed by atoms with Crippen LogP contribution in [0.2, 0.25) is 0 Å². The predicted octanol–water partition coefficient (Wildman–Crippen LogP) is 0.147. The quantitative estimate of drug-likeness (QED) is 0.750. The van der Waals surface area contributed by atoms with E-state index in [1.54, 1.807) is 11.1 Å². The fraction of sp³-hybridized carbons (Fsp3) is 0.714. The zero-order valence-electron chi connectivity index (χ0n) is 17.2. The number of fused-ring (bicyclic) bond motifs is 4. The first kappa shape index (κ1) is 19.7. The zero-order valence-corrected chi connectivity index (χ0v) is 17.2. The van der Waals surface area contributed by atoms with Gasteiger partial charge in [-0.1, -0.05) is 0 Å². The van der Waals surface area contributed by atoms with E-state index in [4.69, 9.17) is 4.74 Å². The molecular formula is C21H29N5O4. The van der Waals surface area contributed by atoms with Gasteiger partial charge in [0.1, 0.15) is 11.5 Å². The molecule has 1 aromatic rings. The second-order valence-electron chi connectivity index (χ2n) is 8.84. The number of aromatic nitrogens is 2. The molecule has 0 unspecified atom stereocenters. The molecule has 0 saturated carbocycles. The van der Waals surface area contributed by atoms with Gasteiger partial charge in [-0.3, -0.25) is 14.6 Å². The van der Waals surface area contributed by atoms with E-state index < -0.39 is 0 Å². The fourth-order valence-electron chi connectivity index (χ4n) is 5.74. The maximum absolute atomic E-state index is 12.8. The minimum Gasteiger partial charge on any atom is -0.394 e. The van der Waals surface area contributed by atoms with Gasteiger partial charge in [0.25, 0.3) is 5.91 Å². The highest BCUT2D eigenvalue weighted by Gasteiger charge is 2.49. The predicted molar refractivity (Wildman–Crippen MR) is 108 cm³/mol. The van der Waals surface area contributed by atoms with Crippen molar-refractivity contribution < 1.29 is 19.4 Å². The van der Waals surface area contributed by atoms with Gasteiger partial charge >= 0.3 is 0 Å². The van der Waals surface area contributed by atoms with Gasteiger partial charge in [0.05, 0.1) is 38.3 Å². The lowest BCUT2D eigenvalue weighted by Crippen LogP contribution is -2.66. The van der Waals surface area contributed by atoms with Crippen LogP contribution < -0.4 is 4.90 Å². The summed E-state index contributed by atoms with van der Waals surface area (Å²) in [5, 5.41) is 10.1. The number of hydrogen-bond donors (Lipinski definition) is 1. The number of carbonyl (C=O) groups is 2. The van der Waals surface area contributed by atoms with Crippen LogP contribution in [0.3, 0.4) is 0 Å². The third kappa shape index (κ3) is 3.43. The topological polar surface area (TPSA) is 99.1 Å². The van der Waals surface area contributed by atoms with E-state index in [0.29, 0.717) is 56.7 Å². The number of piperidine rings is 3. The number of ether oxygens (including phenoxy) is 1. The summed E-state index contributed by atoms with van der Waals surface area (Å²) in [4.78, 5) is 40.3. The fourth-order valence-corrected chi connectivity index (χ4v) is 5.74. The molecule has 5 heterocycles. The van der Waals surface area contributed by atoms with Crippen LogP contribution in [-0.4, -0.2) is 94.8 Å². The Morgan fingerprint density at radius 1 is 1.20 bits per heavy atom. The molecule has 4 aliphatic heterocycles. The molecule has 0 spiro atoms. The Hall–Kier alpha value is -2.26. The van der Waals surface area contributed by atoms with Crippen molar-refractivity contribution in [2.45, 2.75) is 37.8 Å². The Kier molecular flexibility index (Phi) is 5.32. The number of hydrogen-bond acceptors (Lipinski definition) is 7. The lowest BCUT2D eigenvalue weighted by atomic mass is 9.72. The average molecular weight is 415 g/mol. The van der Waals surface area contributed by atoms with Gasteiger partial charge in [0, 0.05) is 38.6 Å². The van der Waals surface area contributed by atoms with Crippen molar-refractivity contribution in [3.05, 3.63) is 18.1 Å². The minimum atomic E-state index is -0.132. The van der Waals surface area contributed by atoms with Crippen molar-refractivity contribution in [1.29, 1.82) is 0 Å². The second-order valence-corrected chi connectivity index (χ2v) is 8.84. The Labute approximate surface area is 176 Å². The van der Waals surface area contributed by atoms with Crippen LogP contribution in [0.25, 0.3) is 0 Å². The Morgan fingerprint density at radius 3 is 2.80 bits per heavy atom. The molecule has 4 atom stereocenters. The monoisotopic (exact) mass is 415 g/mol. The van der Waals surface area contributed by atoms with E-state index >= 15 is 0 Å². The molecule has 1 N–H and O–H groups in total. The largest absolute Gasteiger partial charge is 0.394 e. The van der Waals surface area contributed by atoms with Crippen molar-refractivity contribution in [3.8, 4) is 0 Å². The number of nitrogens with zero attached hydrogens (tertiary/aromatic N) is 5. The number of rotatable bonds is 3. The van der Waals surface area contributed by atoms with Crippen LogP contribution in [0.5, 0.6) is 0 Å². The van der Waals surface area contributed by atoms with E-state index in [9.17, 15) is 14.7 Å². The lowest BCUT2D eigenvalue weighted by Gasteiger charge is -2.56. The minimum absolute atomic E-state index is 0.00526. The molecular weight excluding hydrogens is 386 g/mol. The van der Waals surface area contributed by atoms with Crippen LogP contribution in [-0.2, 0) is 9.53 Å². The highest BCUT2D eigenvalue weighted by molar-refractivity contribution is 5.92. The number of morpholine rings is 1. The summed E-state index contributed by atoms with van der Waals surface area (Å²) in [5.41, 5.74) is 0.360.